The zero-order valence-electron chi connectivity index (χ0n) is 38.4. The van der Waals surface area contributed by atoms with Gasteiger partial charge >= 0.3 is 0 Å². The van der Waals surface area contributed by atoms with Crippen LogP contribution in [0, 0.1) is 0 Å². The second-order valence-electron chi connectivity index (χ2n) is 17.9. The van der Waals surface area contributed by atoms with Crippen molar-refractivity contribution in [2.75, 3.05) is 9.80 Å². The fraction of sp³-hybridized carbons (Fsp3) is 0.0149. The first kappa shape index (κ1) is 41.0. The van der Waals surface area contributed by atoms with Crippen molar-refractivity contribution >= 4 is 56.1 Å². The van der Waals surface area contributed by atoms with Crippen LogP contribution in [0.2, 0.25) is 0 Å². The first-order valence-electron chi connectivity index (χ1n) is 24.0. The van der Waals surface area contributed by atoms with Gasteiger partial charge in [0, 0.05) is 44.8 Å². The highest BCUT2D eigenvalue weighted by Gasteiger charge is 2.46. The van der Waals surface area contributed by atoms with Gasteiger partial charge in [0.05, 0.1) is 22.2 Å². The van der Waals surface area contributed by atoms with Crippen LogP contribution in [0.5, 0.6) is 0 Å². The molecule has 1 heterocycles. The van der Waals surface area contributed by atoms with E-state index in [-0.39, 0.29) is 0 Å². The molecule has 330 valence electrons. The summed E-state index contributed by atoms with van der Waals surface area (Å²) in [5.74, 6) is 0. The first-order valence-corrected chi connectivity index (χ1v) is 24.0. The lowest BCUT2D eigenvalue weighted by Crippen LogP contribution is -2.28. The largest absolute Gasteiger partial charge is 0.455 e. The zero-order valence-corrected chi connectivity index (χ0v) is 38.4. The van der Waals surface area contributed by atoms with Gasteiger partial charge in [0.1, 0.15) is 11.2 Å². The standard InChI is InChI=1S/C67H46N2O/c1-6-25-48(26-7-1)67(60-41-19-16-36-55(60)56-37-17-20-42-61(56)67)49-27-22-24-47(46-49)54-39-23-40-57(65(54)69(52-32-12-4-13-33-52)53-34-14-5-15-35-53)58-44-45-62(64-59-38-18-21-43-63(59)70-66(58)64)68(50-28-8-2-9-29-50)51-30-10-3-11-31-51/h1-46H. The lowest BCUT2D eigenvalue weighted by atomic mass is 9.67. The summed E-state index contributed by atoms with van der Waals surface area (Å²) in [6.45, 7) is 0. The zero-order chi connectivity index (χ0) is 46.4. The fourth-order valence-corrected chi connectivity index (χ4v) is 11.2. The molecule has 0 aliphatic heterocycles. The normalized spacial score (nSPS) is 12.4. The van der Waals surface area contributed by atoms with E-state index in [0.29, 0.717) is 0 Å². The third-order valence-electron chi connectivity index (χ3n) is 14.1. The van der Waals surface area contributed by atoms with E-state index >= 15 is 0 Å². The summed E-state index contributed by atoms with van der Waals surface area (Å²) in [6, 6.07) is 101. The third kappa shape index (κ3) is 6.58. The van der Waals surface area contributed by atoms with Crippen LogP contribution in [0.1, 0.15) is 22.3 Å². The van der Waals surface area contributed by atoms with Gasteiger partial charge in [-0.3, -0.25) is 0 Å². The Kier molecular flexibility index (Phi) is 10.1. The summed E-state index contributed by atoms with van der Waals surface area (Å²) in [4.78, 5) is 4.77. The minimum Gasteiger partial charge on any atom is -0.455 e. The molecule has 1 aromatic heterocycles. The Morgan fingerprint density at radius 2 is 0.771 bits per heavy atom. The van der Waals surface area contributed by atoms with Crippen molar-refractivity contribution in [1.82, 2.24) is 0 Å². The summed E-state index contributed by atoms with van der Waals surface area (Å²) < 4.78 is 7.16. The van der Waals surface area contributed by atoms with Crippen molar-refractivity contribution in [2.24, 2.45) is 0 Å². The molecule has 11 aromatic carbocycles. The van der Waals surface area contributed by atoms with Gasteiger partial charge < -0.3 is 14.2 Å². The minimum atomic E-state index is -0.555. The van der Waals surface area contributed by atoms with E-state index in [1.165, 1.54) is 33.4 Å². The minimum absolute atomic E-state index is 0.555. The number of nitrogens with zero attached hydrogens (tertiary/aromatic N) is 2. The number of rotatable bonds is 10. The summed E-state index contributed by atoms with van der Waals surface area (Å²) in [6.07, 6.45) is 0. The molecule has 3 nitrogen and oxygen atoms in total. The number of para-hydroxylation sites is 6. The van der Waals surface area contributed by atoms with Crippen molar-refractivity contribution in [1.29, 1.82) is 0 Å². The lowest BCUT2D eigenvalue weighted by molar-refractivity contribution is 0.670. The van der Waals surface area contributed by atoms with Crippen LogP contribution in [0.15, 0.2) is 283 Å². The van der Waals surface area contributed by atoms with Gasteiger partial charge in [-0.15, -0.1) is 0 Å². The van der Waals surface area contributed by atoms with Crippen molar-refractivity contribution in [3.05, 3.63) is 301 Å². The maximum atomic E-state index is 7.16. The molecule has 0 N–H and O–H groups in total. The van der Waals surface area contributed by atoms with Crippen LogP contribution >= 0.6 is 0 Å². The van der Waals surface area contributed by atoms with Gasteiger partial charge in [-0.1, -0.05) is 206 Å². The molecule has 3 heteroatoms. The van der Waals surface area contributed by atoms with E-state index in [1.54, 1.807) is 0 Å². The molecule has 0 saturated heterocycles. The van der Waals surface area contributed by atoms with Gasteiger partial charge in [-0.05, 0) is 112 Å². The van der Waals surface area contributed by atoms with Gasteiger partial charge in [-0.25, -0.2) is 0 Å². The van der Waals surface area contributed by atoms with E-state index in [9.17, 15) is 0 Å². The van der Waals surface area contributed by atoms with Crippen molar-refractivity contribution in [3.8, 4) is 33.4 Å². The fourth-order valence-electron chi connectivity index (χ4n) is 11.2. The van der Waals surface area contributed by atoms with Gasteiger partial charge in [0.2, 0.25) is 0 Å². The Hall–Kier alpha value is -9.18. The Morgan fingerprint density at radius 3 is 1.37 bits per heavy atom. The Bertz CT molecular complexity index is 3700. The molecule has 0 atom stereocenters. The molecule has 0 amide bonds. The van der Waals surface area contributed by atoms with E-state index in [1.807, 2.05) is 0 Å². The van der Waals surface area contributed by atoms with E-state index in [4.69, 9.17) is 4.42 Å². The molecular formula is C67H46N2O. The summed E-state index contributed by atoms with van der Waals surface area (Å²) in [7, 11) is 0. The van der Waals surface area contributed by atoms with Gasteiger partial charge in [0.25, 0.3) is 0 Å². The second kappa shape index (κ2) is 17.2. The van der Waals surface area contributed by atoms with Gasteiger partial charge in [0.15, 0.2) is 0 Å². The molecule has 12 aromatic rings. The molecule has 1 aliphatic rings. The highest BCUT2D eigenvalue weighted by atomic mass is 16.3. The average molecular weight is 895 g/mol. The quantitative estimate of drug-likeness (QED) is 0.136. The van der Waals surface area contributed by atoms with Gasteiger partial charge in [-0.2, -0.15) is 0 Å². The Labute approximate surface area is 408 Å². The number of fused-ring (bicyclic) bond motifs is 6. The van der Waals surface area contributed by atoms with E-state index < -0.39 is 5.41 Å². The average Bonchev–Trinajstić information content (AvgIpc) is 3.98. The molecule has 0 radical (unpaired) electrons. The number of anilines is 6. The summed E-state index contributed by atoms with van der Waals surface area (Å²) in [5, 5.41) is 2.11. The highest BCUT2D eigenvalue weighted by molar-refractivity contribution is 6.18. The van der Waals surface area contributed by atoms with Crippen LogP contribution < -0.4 is 9.80 Å². The van der Waals surface area contributed by atoms with Crippen molar-refractivity contribution in [3.63, 3.8) is 0 Å². The maximum absolute atomic E-state index is 7.16. The summed E-state index contributed by atoms with van der Waals surface area (Å²) in [5.41, 5.74) is 19.2. The molecule has 0 fully saturated rings. The van der Waals surface area contributed by atoms with Crippen molar-refractivity contribution in [2.45, 2.75) is 5.41 Å². The van der Waals surface area contributed by atoms with E-state index in [0.717, 1.165) is 78.3 Å². The van der Waals surface area contributed by atoms with E-state index in [2.05, 4.69) is 289 Å². The second-order valence-corrected chi connectivity index (χ2v) is 17.9. The molecule has 0 spiro atoms. The Balaban J connectivity index is 1.11. The van der Waals surface area contributed by atoms with Crippen molar-refractivity contribution < 1.29 is 4.42 Å². The van der Waals surface area contributed by atoms with Crippen LogP contribution in [0.25, 0.3) is 55.3 Å². The monoisotopic (exact) mass is 894 g/mol. The molecule has 0 unspecified atom stereocenters. The van der Waals surface area contributed by atoms with Crippen LogP contribution in [0.3, 0.4) is 0 Å². The number of hydrogen-bond acceptors (Lipinski definition) is 3. The molecule has 70 heavy (non-hydrogen) atoms. The van der Waals surface area contributed by atoms with Crippen LogP contribution in [-0.2, 0) is 5.41 Å². The first-order chi connectivity index (χ1) is 34.8. The third-order valence-corrected chi connectivity index (χ3v) is 14.1. The molecular weight excluding hydrogens is 849 g/mol. The SMILES string of the molecule is c1ccc(N(c2ccccc2)c2c(-c3cccc(C4(c5ccccc5)c5ccccc5-c5ccccc54)c3)cccc2-c2ccc(N(c3ccccc3)c3ccccc3)c3c2oc2ccccc23)cc1. The number of benzene rings is 11. The number of hydrogen-bond donors (Lipinski definition) is 0. The lowest BCUT2D eigenvalue weighted by Gasteiger charge is -2.34. The Morgan fingerprint density at radius 1 is 0.314 bits per heavy atom. The molecule has 13 rings (SSSR count). The number of furan rings is 1. The highest BCUT2D eigenvalue weighted by Crippen LogP contribution is 2.57. The van der Waals surface area contributed by atoms with Crippen LogP contribution in [0.4, 0.5) is 34.1 Å². The molecule has 1 aliphatic carbocycles. The predicted molar refractivity (Wildman–Crippen MR) is 291 cm³/mol. The van der Waals surface area contributed by atoms with Crippen LogP contribution in [-0.4, -0.2) is 0 Å². The molecule has 0 bridgehead atoms. The molecule has 0 saturated carbocycles. The smallest absolute Gasteiger partial charge is 0.145 e. The maximum Gasteiger partial charge on any atom is 0.145 e. The topological polar surface area (TPSA) is 19.6 Å². The summed E-state index contributed by atoms with van der Waals surface area (Å²) >= 11 is 0. The predicted octanol–water partition coefficient (Wildman–Crippen LogP) is 18.2.